The largest absolute Gasteiger partial charge is 0.490 e. The molecule has 0 saturated heterocycles. The van der Waals surface area contributed by atoms with Gasteiger partial charge in [-0.15, -0.1) is 0 Å². The second kappa shape index (κ2) is 7.01. The predicted octanol–water partition coefficient (Wildman–Crippen LogP) is 4.29. The molecule has 0 amide bonds. The molecule has 0 aromatic heterocycles. The van der Waals surface area contributed by atoms with Crippen LogP contribution in [-0.2, 0) is 0 Å². The van der Waals surface area contributed by atoms with Crippen LogP contribution in [0, 0.1) is 25.2 Å². The van der Waals surface area contributed by atoms with Crippen LogP contribution in [0.5, 0.6) is 11.5 Å². The summed E-state index contributed by atoms with van der Waals surface area (Å²) < 4.78 is 11.2. The lowest BCUT2D eigenvalue weighted by molar-refractivity contribution is 0.216. The number of nitriles is 1. The third-order valence-electron chi connectivity index (χ3n) is 3.03. The first-order valence-corrected chi connectivity index (χ1v) is 7.01. The van der Waals surface area contributed by atoms with Crippen LogP contribution >= 0.6 is 11.6 Å². The van der Waals surface area contributed by atoms with Crippen molar-refractivity contribution in [3.8, 4) is 17.6 Å². The molecular weight excluding hydrogens is 286 g/mol. The fraction of sp³-hybridized carbons (Fsp3) is 0.235. The fourth-order valence-corrected chi connectivity index (χ4v) is 2.09. The Morgan fingerprint density at radius 1 is 1.05 bits per heavy atom. The van der Waals surface area contributed by atoms with Crippen LogP contribution in [-0.4, -0.2) is 13.2 Å². The van der Waals surface area contributed by atoms with E-state index < -0.39 is 0 Å². The minimum atomic E-state index is 0.374. The van der Waals surface area contributed by atoms with Gasteiger partial charge in [-0.05, 0) is 49.2 Å². The molecule has 0 saturated carbocycles. The molecule has 108 valence electrons. The smallest absolute Gasteiger partial charge is 0.137 e. The number of halogens is 1. The van der Waals surface area contributed by atoms with Crippen LogP contribution in [0.25, 0.3) is 0 Å². The molecule has 0 fully saturated rings. The highest BCUT2D eigenvalue weighted by molar-refractivity contribution is 6.32. The molecule has 0 radical (unpaired) electrons. The number of benzene rings is 2. The molecule has 0 bridgehead atoms. The zero-order valence-electron chi connectivity index (χ0n) is 12.0. The molecular formula is C17H16ClNO2. The van der Waals surface area contributed by atoms with Crippen molar-refractivity contribution < 1.29 is 9.47 Å². The third-order valence-corrected chi connectivity index (χ3v) is 3.62. The van der Waals surface area contributed by atoms with Crippen LogP contribution < -0.4 is 9.47 Å². The number of rotatable bonds is 5. The van der Waals surface area contributed by atoms with Gasteiger partial charge in [0.25, 0.3) is 0 Å². The van der Waals surface area contributed by atoms with E-state index >= 15 is 0 Å². The topological polar surface area (TPSA) is 42.2 Å². The van der Waals surface area contributed by atoms with Crippen molar-refractivity contribution in [2.24, 2.45) is 0 Å². The molecule has 2 aromatic carbocycles. The maximum atomic E-state index is 8.97. The average Bonchev–Trinajstić information content (AvgIpc) is 2.49. The number of aryl methyl sites for hydroxylation is 2. The van der Waals surface area contributed by atoms with Crippen molar-refractivity contribution in [2.45, 2.75) is 13.8 Å². The summed E-state index contributed by atoms with van der Waals surface area (Å²) in [4.78, 5) is 0. The Morgan fingerprint density at radius 3 is 2.33 bits per heavy atom. The molecule has 0 aliphatic heterocycles. The molecule has 0 N–H and O–H groups in total. The van der Waals surface area contributed by atoms with Crippen molar-refractivity contribution in [2.75, 3.05) is 13.2 Å². The second-order valence-corrected chi connectivity index (χ2v) is 5.05. The van der Waals surface area contributed by atoms with E-state index in [0.29, 0.717) is 24.5 Å². The van der Waals surface area contributed by atoms with Gasteiger partial charge in [0.05, 0.1) is 5.56 Å². The van der Waals surface area contributed by atoms with Crippen LogP contribution in [0.4, 0.5) is 0 Å². The van der Waals surface area contributed by atoms with Crippen molar-refractivity contribution in [3.05, 3.63) is 58.1 Å². The monoisotopic (exact) mass is 301 g/mol. The Balaban J connectivity index is 1.89. The molecule has 0 spiro atoms. The Labute approximate surface area is 129 Å². The lowest BCUT2D eigenvalue weighted by Crippen LogP contribution is -2.09. The quantitative estimate of drug-likeness (QED) is 0.774. The van der Waals surface area contributed by atoms with Crippen molar-refractivity contribution in [1.82, 2.24) is 0 Å². The van der Waals surface area contributed by atoms with Crippen LogP contribution in [0.3, 0.4) is 0 Å². The maximum absolute atomic E-state index is 8.97. The van der Waals surface area contributed by atoms with Gasteiger partial charge in [-0.25, -0.2) is 0 Å². The Bertz CT molecular complexity index is 654. The maximum Gasteiger partial charge on any atom is 0.137 e. The van der Waals surface area contributed by atoms with E-state index in [-0.39, 0.29) is 0 Å². The molecule has 3 nitrogen and oxygen atoms in total. The summed E-state index contributed by atoms with van der Waals surface area (Å²) in [5.41, 5.74) is 2.50. The molecule has 2 aromatic rings. The lowest BCUT2D eigenvalue weighted by Gasteiger charge is -2.11. The highest BCUT2D eigenvalue weighted by Gasteiger charge is 2.04. The Kier molecular flexibility index (Phi) is 5.08. The van der Waals surface area contributed by atoms with Crippen LogP contribution in [0.2, 0.25) is 5.02 Å². The normalized spacial score (nSPS) is 10.0. The van der Waals surface area contributed by atoms with E-state index in [1.807, 2.05) is 32.0 Å². The zero-order valence-corrected chi connectivity index (χ0v) is 12.8. The molecule has 0 heterocycles. The summed E-state index contributed by atoms with van der Waals surface area (Å²) in [6.45, 7) is 4.67. The highest BCUT2D eigenvalue weighted by Crippen LogP contribution is 2.25. The van der Waals surface area contributed by atoms with Gasteiger partial charge < -0.3 is 9.47 Å². The van der Waals surface area contributed by atoms with Gasteiger partial charge in [-0.3, -0.25) is 0 Å². The van der Waals surface area contributed by atoms with Gasteiger partial charge in [0.1, 0.15) is 30.8 Å². The number of ether oxygens (including phenoxy) is 2. The van der Waals surface area contributed by atoms with Crippen LogP contribution in [0.15, 0.2) is 36.4 Å². The third kappa shape index (κ3) is 3.90. The number of hydrogen-bond acceptors (Lipinski definition) is 3. The van der Waals surface area contributed by atoms with Gasteiger partial charge in [0.2, 0.25) is 0 Å². The Morgan fingerprint density at radius 2 is 1.67 bits per heavy atom. The summed E-state index contributed by atoms with van der Waals surface area (Å²) in [6.07, 6.45) is 0. The van der Waals surface area contributed by atoms with Crippen molar-refractivity contribution >= 4 is 11.6 Å². The Hall–Kier alpha value is -2.18. The van der Waals surface area contributed by atoms with E-state index in [9.17, 15) is 0 Å². The van der Waals surface area contributed by atoms with Gasteiger partial charge in [0.15, 0.2) is 0 Å². The summed E-state index contributed by atoms with van der Waals surface area (Å²) in [5.74, 6) is 1.35. The van der Waals surface area contributed by atoms with Crippen molar-refractivity contribution in [3.63, 3.8) is 0 Å². The molecule has 21 heavy (non-hydrogen) atoms. The standard InChI is InChI=1S/C17H16ClNO2/c1-12-9-15(10-13(2)17(12)18)20-7-8-21-16-6-4-3-5-14(16)11-19/h3-6,9-10H,7-8H2,1-2H3. The number of hydrogen-bond donors (Lipinski definition) is 0. The summed E-state index contributed by atoms with van der Waals surface area (Å²) in [7, 11) is 0. The summed E-state index contributed by atoms with van der Waals surface area (Å²) >= 11 is 6.11. The minimum Gasteiger partial charge on any atom is -0.490 e. The van der Waals surface area contributed by atoms with E-state index in [2.05, 4.69) is 6.07 Å². The summed E-state index contributed by atoms with van der Waals surface area (Å²) in [5, 5.41) is 9.73. The lowest BCUT2D eigenvalue weighted by atomic mass is 10.1. The fourth-order valence-electron chi connectivity index (χ4n) is 1.99. The van der Waals surface area contributed by atoms with Gasteiger partial charge >= 0.3 is 0 Å². The van der Waals surface area contributed by atoms with Gasteiger partial charge in [-0.1, -0.05) is 23.7 Å². The first-order chi connectivity index (χ1) is 10.1. The summed E-state index contributed by atoms with van der Waals surface area (Å²) in [6, 6.07) is 13.0. The van der Waals surface area contributed by atoms with Gasteiger partial charge in [0, 0.05) is 5.02 Å². The first kappa shape index (κ1) is 15.2. The average molecular weight is 302 g/mol. The van der Waals surface area contributed by atoms with Gasteiger partial charge in [-0.2, -0.15) is 5.26 Å². The second-order valence-electron chi connectivity index (χ2n) is 4.68. The van der Waals surface area contributed by atoms with Crippen molar-refractivity contribution in [1.29, 1.82) is 5.26 Å². The molecule has 0 atom stereocenters. The SMILES string of the molecule is Cc1cc(OCCOc2ccccc2C#N)cc(C)c1Cl. The zero-order chi connectivity index (χ0) is 15.2. The van der Waals surface area contributed by atoms with Crippen LogP contribution in [0.1, 0.15) is 16.7 Å². The van der Waals surface area contributed by atoms with E-state index in [4.69, 9.17) is 26.3 Å². The molecule has 0 aliphatic rings. The minimum absolute atomic E-state index is 0.374. The molecule has 0 aliphatic carbocycles. The molecule has 4 heteroatoms. The van der Waals surface area contributed by atoms with E-state index in [1.165, 1.54) is 0 Å². The molecule has 2 rings (SSSR count). The highest BCUT2D eigenvalue weighted by atomic mass is 35.5. The van der Waals surface area contributed by atoms with E-state index in [0.717, 1.165) is 21.9 Å². The van der Waals surface area contributed by atoms with E-state index in [1.54, 1.807) is 18.2 Å². The molecule has 0 unspecified atom stereocenters. The number of nitrogens with zero attached hydrogens (tertiary/aromatic N) is 1. The predicted molar refractivity (Wildman–Crippen MR) is 83.1 cm³/mol. The first-order valence-electron chi connectivity index (χ1n) is 6.63. The number of para-hydroxylation sites is 1.